The molecule has 0 saturated carbocycles. The van der Waals surface area contributed by atoms with Crippen LogP contribution in [0.15, 0.2) is 12.1 Å². The van der Waals surface area contributed by atoms with E-state index in [1.165, 1.54) is 6.07 Å². The molecule has 1 aromatic carbocycles. The zero-order valence-electron chi connectivity index (χ0n) is 11.3. The molecule has 0 amide bonds. The Bertz CT molecular complexity index is 498. The van der Waals surface area contributed by atoms with Gasteiger partial charge < -0.3 is 9.84 Å². The van der Waals surface area contributed by atoms with E-state index in [1.54, 1.807) is 6.07 Å². The molecule has 0 aliphatic carbocycles. The summed E-state index contributed by atoms with van der Waals surface area (Å²) in [6, 6.07) is 3.08. The number of phenolic OH excluding ortho intramolecular Hbond substituents is 1. The van der Waals surface area contributed by atoms with Gasteiger partial charge in [0.15, 0.2) is 5.78 Å². The summed E-state index contributed by atoms with van der Waals surface area (Å²) in [4.78, 5) is 12.2. The van der Waals surface area contributed by atoms with Crippen LogP contribution in [0.4, 0.5) is 0 Å². The Morgan fingerprint density at radius 3 is 2.84 bits per heavy atom. The predicted octanol–water partition coefficient (Wildman–Crippen LogP) is 4.35. The van der Waals surface area contributed by atoms with E-state index in [4.69, 9.17) is 16.3 Å². The zero-order valence-corrected chi connectivity index (χ0v) is 12.1. The molecule has 19 heavy (non-hydrogen) atoms. The monoisotopic (exact) mass is 282 g/mol. The van der Waals surface area contributed by atoms with E-state index in [0.29, 0.717) is 17.7 Å². The molecule has 0 saturated heterocycles. The minimum atomic E-state index is -0.459. The zero-order chi connectivity index (χ0) is 14.0. The second kappa shape index (κ2) is 5.41. The molecule has 104 valence electrons. The van der Waals surface area contributed by atoms with Crippen LogP contribution in [-0.2, 0) is 0 Å². The molecular weight excluding hydrogens is 264 g/mol. The van der Waals surface area contributed by atoms with Gasteiger partial charge in [-0.3, -0.25) is 4.79 Å². The van der Waals surface area contributed by atoms with E-state index >= 15 is 0 Å². The van der Waals surface area contributed by atoms with Crippen molar-refractivity contribution in [3.05, 3.63) is 22.7 Å². The summed E-state index contributed by atoms with van der Waals surface area (Å²) >= 11 is 5.98. The number of benzene rings is 1. The van der Waals surface area contributed by atoms with Crippen molar-refractivity contribution in [2.24, 2.45) is 0 Å². The number of unbranched alkanes of at least 4 members (excludes halogenated alkanes) is 2. The number of ether oxygens (including phenoxy) is 1. The summed E-state index contributed by atoms with van der Waals surface area (Å²) in [5, 5.41) is 9.65. The highest BCUT2D eigenvalue weighted by molar-refractivity contribution is 6.35. The van der Waals surface area contributed by atoms with Gasteiger partial charge in [0.1, 0.15) is 17.1 Å². The number of carbonyl (C=O) groups excluding carboxylic acids is 1. The first-order valence-corrected chi connectivity index (χ1v) is 7.08. The molecule has 0 aromatic heterocycles. The molecule has 1 atom stereocenters. The molecule has 1 aromatic rings. The van der Waals surface area contributed by atoms with E-state index in [1.807, 2.05) is 6.92 Å². The normalized spacial score (nSPS) is 21.9. The van der Waals surface area contributed by atoms with Gasteiger partial charge >= 0.3 is 0 Å². The van der Waals surface area contributed by atoms with Crippen molar-refractivity contribution < 1.29 is 14.6 Å². The molecule has 1 heterocycles. The number of hydrogen-bond donors (Lipinski definition) is 1. The van der Waals surface area contributed by atoms with Crippen molar-refractivity contribution in [3.63, 3.8) is 0 Å². The third-order valence-electron chi connectivity index (χ3n) is 3.56. The maximum Gasteiger partial charge on any atom is 0.172 e. The largest absolute Gasteiger partial charge is 0.506 e. The third-order valence-corrected chi connectivity index (χ3v) is 3.94. The van der Waals surface area contributed by atoms with Crippen LogP contribution in [0.1, 0.15) is 56.3 Å². The molecule has 0 radical (unpaired) electrons. The fraction of sp³-hybridized carbons (Fsp3) is 0.533. The van der Waals surface area contributed by atoms with Gasteiger partial charge in [-0.1, -0.05) is 31.4 Å². The van der Waals surface area contributed by atoms with Gasteiger partial charge in [0, 0.05) is 0 Å². The highest BCUT2D eigenvalue weighted by Crippen LogP contribution is 2.42. The quantitative estimate of drug-likeness (QED) is 0.835. The van der Waals surface area contributed by atoms with Crippen molar-refractivity contribution in [3.8, 4) is 11.5 Å². The van der Waals surface area contributed by atoms with Crippen LogP contribution in [0, 0.1) is 0 Å². The highest BCUT2D eigenvalue weighted by atomic mass is 35.5. The van der Waals surface area contributed by atoms with Gasteiger partial charge in [-0.25, -0.2) is 0 Å². The van der Waals surface area contributed by atoms with Gasteiger partial charge in [0.2, 0.25) is 0 Å². The molecule has 3 nitrogen and oxygen atoms in total. The summed E-state index contributed by atoms with van der Waals surface area (Å²) in [6.45, 7) is 4.11. The lowest BCUT2D eigenvalue weighted by Crippen LogP contribution is -2.39. The minimum Gasteiger partial charge on any atom is -0.506 e. The first-order chi connectivity index (χ1) is 8.97. The van der Waals surface area contributed by atoms with Crippen molar-refractivity contribution in [1.82, 2.24) is 0 Å². The number of fused-ring (bicyclic) bond motifs is 1. The third kappa shape index (κ3) is 2.86. The van der Waals surface area contributed by atoms with Crippen LogP contribution in [0.5, 0.6) is 11.5 Å². The number of rotatable bonds is 4. The number of hydrogen-bond acceptors (Lipinski definition) is 3. The maximum atomic E-state index is 12.2. The van der Waals surface area contributed by atoms with Gasteiger partial charge in [-0.15, -0.1) is 0 Å². The molecule has 0 fully saturated rings. The van der Waals surface area contributed by atoms with Crippen molar-refractivity contribution >= 4 is 17.4 Å². The lowest BCUT2D eigenvalue weighted by Gasteiger charge is -2.35. The van der Waals surface area contributed by atoms with Crippen LogP contribution in [-0.4, -0.2) is 16.5 Å². The second-order valence-electron chi connectivity index (χ2n) is 5.38. The number of aromatic hydroxyl groups is 1. The summed E-state index contributed by atoms with van der Waals surface area (Å²) in [5.74, 6) is 0.353. The molecule has 0 bridgehead atoms. The molecule has 1 aliphatic heterocycles. The molecule has 1 unspecified atom stereocenters. The Morgan fingerprint density at radius 2 is 2.16 bits per heavy atom. The Balaban J connectivity index is 2.25. The Hall–Kier alpha value is -1.22. The van der Waals surface area contributed by atoms with Crippen LogP contribution >= 0.6 is 11.6 Å². The van der Waals surface area contributed by atoms with Crippen LogP contribution in [0.3, 0.4) is 0 Å². The van der Waals surface area contributed by atoms with Crippen molar-refractivity contribution in [1.29, 1.82) is 0 Å². The molecule has 1 aliphatic rings. The van der Waals surface area contributed by atoms with Gasteiger partial charge in [-0.2, -0.15) is 0 Å². The number of halogens is 1. The summed E-state index contributed by atoms with van der Waals surface area (Å²) in [7, 11) is 0. The van der Waals surface area contributed by atoms with E-state index in [0.717, 1.165) is 25.7 Å². The summed E-state index contributed by atoms with van der Waals surface area (Å²) < 4.78 is 5.96. The second-order valence-corrected chi connectivity index (χ2v) is 5.76. The number of carbonyl (C=O) groups is 1. The number of ketones is 1. The van der Waals surface area contributed by atoms with Crippen molar-refractivity contribution in [2.45, 2.75) is 51.6 Å². The first-order valence-electron chi connectivity index (χ1n) is 6.70. The maximum absolute atomic E-state index is 12.2. The SMILES string of the molecule is CCCCCC1(C)CC(=O)c2c(ccc(O)c2Cl)O1. The molecule has 2 rings (SSSR count). The Labute approximate surface area is 118 Å². The summed E-state index contributed by atoms with van der Waals surface area (Å²) in [6.07, 6.45) is 4.48. The fourth-order valence-corrected chi connectivity index (χ4v) is 2.77. The van der Waals surface area contributed by atoms with E-state index in [2.05, 4.69) is 6.92 Å². The van der Waals surface area contributed by atoms with Crippen LogP contribution in [0.2, 0.25) is 5.02 Å². The van der Waals surface area contributed by atoms with E-state index in [9.17, 15) is 9.90 Å². The molecule has 1 N–H and O–H groups in total. The topological polar surface area (TPSA) is 46.5 Å². The number of phenols is 1. The van der Waals surface area contributed by atoms with Crippen LogP contribution < -0.4 is 4.74 Å². The fourth-order valence-electron chi connectivity index (χ4n) is 2.51. The van der Waals surface area contributed by atoms with Gasteiger partial charge in [-0.05, 0) is 31.9 Å². The standard InChI is InChI=1S/C15H19ClO3/c1-3-4-5-8-15(2)9-11(18)13-12(19-15)7-6-10(17)14(13)16/h6-7,17H,3-5,8-9H2,1-2H3. The first kappa shape index (κ1) is 14.2. The lowest BCUT2D eigenvalue weighted by molar-refractivity contribution is 0.0453. The molecule has 4 heteroatoms. The van der Waals surface area contributed by atoms with Gasteiger partial charge in [0.25, 0.3) is 0 Å². The smallest absolute Gasteiger partial charge is 0.172 e. The molecular formula is C15H19ClO3. The summed E-state index contributed by atoms with van der Waals surface area (Å²) in [5.41, 5.74) is -0.144. The van der Waals surface area contributed by atoms with Crippen molar-refractivity contribution in [2.75, 3.05) is 0 Å². The molecule has 0 spiro atoms. The van der Waals surface area contributed by atoms with E-state index < -0.39 is 5.60 Å². The lowest BCUT2D eigenvalue weighted by atomic mass is 9.87. The Morgan fingerprint density at radius 1 is 1.42 bits per heavy atom. The predicted molar refractivity (Wildman–Crippen MR) is 75.2 cm³/mol. The average molecular weight is 283 g/mol. The Kier molecular flexibility index (Phi) is 4.04. The van der Waals surface area contributed by atoms with E-state index in [-0.39, 0.29) is 16.6 Å². The highest BCUT2D eigenvalue weighted by Gasteiger charge is 2.37. The van der Waals surface area contributed by atoms with Crippen LogP contribution in [0.25, 0.3) is 0 Å². The van der Waals surface area contributed by atoms with Gasteiger partial charge in [0.05, 0.1) is 17.0 Å². The minimum absolute atomic E-state index is 0.0545. The average Bonchev–Trinajstić information content (AvgIpc) is 2.33. The number of Topliss-reactive ketones (excluding diaryl/α,β-unsaturated/α-hetero) is 1.